The molecule has 0 fully saturated rings. The first-order valence-electron chi connectivity index (χ1n) is 9.20. The fourth-order valence-electron chi connectivity index (χ4n) is 3.85. The molecule has 0 bridgehead atoms. The van der Waals surface area contributed by atoms with Gasteiger partial charge in [0.2, 0.25) is 0 Å². The van der Waals surface area contributed by atoms with Crippen LogP contribution in [0.4, 0.5) is 5.69 Å². The summed E-state index contributed by atoms with van der Waals surface area (Å²) in [6.45, 7) is 2.13. The number of pyridine rings is 1. The molecule has 2 aromatic heterocycles. The van der Waals surface area contributed by atoms with Gasteiger partial charge in [0.05, 0.1) is 16.7 Å². The Hall–Kier alpha value is -3.33. The van der Waals surface area contributed by atoms with Gasteiger partial charge in [-0.2, -0.15) is 0 Å². The molecule has 0 saturated carbocycles. The van der Waals surface area contributed by atoms with Gasteiger partial charge in [0.1, 0.15) is 0 Å². The first-order chi connectivity index (χ1) is 13.1. The second-order valence-electron chi connectivity index (χ2n) is 7.34. The zero-order valence-corrected chi connectivity index (χ0v) is 15.7. The van der Waals surface area contributed by atoms with Crippen LogP contribution in [0.25, 0.3) is 44.0 Å². The van der Waals surface area contributed by atoms with Gasteiger partial charge in [-0.1, -0.05) is 42.0 Å². The number of rotatable bonds is 2. The molecule has 0 unspecified atom stereocenters. The molecule has 0 aliphatic rings. The van der Waals surface area contributed by atoms with Crippen LogP contribution in [0.15, 0.2) is 66.7 Å². The summed E-state index contributed by atoms with van der Waals surface area (Å²) >= 11 is 0. The van der Waals surface area contributed by atoms with Gasteiger partial charge in [-0.25, -0.2) is 4.98 Å². The normalized spacial score (nSPS) is 11.5. The lowest BCUT2D eigenvalue weighted by Crippen LogP contribution is -2.07. The molecule has 3 nitrogen and oxygen atoms in total. The Bertz CT molecular complexity index is 1290. The molecule has 27 heavy (non-hydrogen) atoms. The number of nitrogens with one attached hydrogen (secondary N) is 1. The summed E-state index contributed by atoms with van der Waals surface area (Å²) in [5, 5.41) is 3.71. The average Bonchev–Trinajstić information content (AvgIpc) is 3.07. The van der Waals surface area contributed by atoms with E-state index in [0.29, 0.717) is 0 Å². The number of aromatic nitrogens is 2. The van der Waals surface area contributed by atoms with E-state index in [1.54, 1.807) is 0 Å². The van der Waals surface area contributed by atoms with E-state index in [9.17, 15) is 0 Å². The molecule has 5 rings (SSSR count). The maximum atomic E-state index is 5.04. The van der Waals surface area contributed by atoms with Crippen molar-refractivity contribution in [1.82, 2.24) is 9.97 Å². The Morgan fingerprint density at radius 2 is 1.63 bits per heavy atom. The van der Waals surface area contributed by atoms with Crippen molar-refractivity contribution in [3.63, 3.8) is 0 Å². The molecule has 0 aliphatic carbocycles. The van der Waals surface area contributed by atoms with E-state index < -0.39 is 0 Å². The highest BCUT2D eigenvalue weighted by Crippen LogP contribution is 2.37. The van der Waals surface area contributed by atoms with Crippen molar-refractivity contribution >= 4 is 38.4 Å². The van der Waals surface area contributed by atoms with E-state index in [1.807, 2.05) is 0 Å². The molecule has 132 valence electrons. The average molecular weight is 351 g/mol. The van der Waals surface area contributed by atoms with Crippen molar-refractivity contribution in [1.29, 1.82) is 0 Å². The number of nitrogens with zero attached hydrogens (tertiary/aromatic N) is 2. The molecule has 0 radical (unpaired) electrons. The van der Waals surface area contributed by atoms with E-state index >= 15 is 0 Å². The third-order valence-electron chi connectivity index (χ3n) is 5.25. The number of benzene rings is 3. The first-order valence-corrected chi connectivity index (χ1v) is 9.20. The van der Waals surface area contributed by atoms with Crippen molar-refractivity contribution in [2.24, 2.45) is 0 Å². The zero-order chi connectivity index (χ0) is 18.5. The van der Waals surface area contributed by atoms with E-state index in [2.05, 4.69) is 97.6 Å². The Labute approximate surface area is 158 Å². The minimum atomic E-state index is 1.00. The molecule has 5 aromatic rings. The molecular weight excluding hydrogens is 330 g/mol. The van der Waals surface area contributed by atoms with Gasteiger partial charge in [0.15, 0.2) is 0 Å². The van der Waals surface area contributed by atoms with Gasteiger partial charge < -0.3 is 9.88 Å². The van der Waals surface area contributed by atoms with Crippen LogP contribution in [-0.4, -0.2) is 24.1 Å². The smallest absolute Gasteiger partial charge is 0.0950 e. The number of hydrogen-bond donors (Lipinski definition) is 1. The lowest BCUT2D eigenvalue weighted by atomic mass is 10.0. The maximum absolute atomic E-state index is 5.04. The highest BCUT2D eigenvalue weighted by atomic mass is 15.1. The summed E-state index contributed by atoms with van der Waals surface area (Å²) in [7, 11) is 4.11. The number of anilines is 1. The van der Waals surface area contributed by atoms with Gasteiger partial charge in [-0.3, -0.25) is 0 Å². The van der Waals surface area contributed by atoms with Crippen LogP contribution < -0.4 is 4.90 Å². The second-order valence-corrected chi connectivity index (χ2v) is 7.34. The van der Waals surface area contributed by atoms with Crippen LogP contribution in [0.1, 0.15) is 5.56 Å². The van der Waals surface area contributed by atoms with Crippen molar-refractivity contribution < 1.29 is 0 Å². The molecule has 1 N–H and O–H groups in total. The number of para-hydroxylation sites is 1. The van der Waals surface area contributed by atoms with Gasteiger partial charge in [-0.15, -0.1) is 0 Å². The Morgan fingerprint density at radius 1 is 0.852 bits per heavy atom. The summed E-state index contributed by atoms with van der Waals surface area (Å²) in [6.07, 6.45) is 0. The SMILES string of the molecule is Cc1ccc2nc(-c3ccc(N(C)C)cc3)c3[nH]c4ccccc4c3c2c1. The third kappa shape index (κ3) is 2.47. The number of fused-ring (bicyclic) bond motifs is 5. The number of hydrogen-bond acceptors (Lipinski definition) is 2. The van der Waals surface area contributed by atoms with Crippen molar-refractivity contribution in [2.45, 2.75) is 6.92 Å². The molecule has 0 amide bonds. The molecule has 3 aromatic carbocycles. The van der Waals surface area contributed by atoms with Gasteiger partial charge in [0, 0.05) is 47.0 Å². The summed E-state index contributed by atoms with van der Waals surface area (Å²) in [4.78, 5) is 10.8. The number of H-pyrrole nitrogens is 1. The Morgan fingerprint density at radius 3 is 2.41 bits per heavy atom. The van der Waals surface area contributed by atoms with E-state index in [0.717, 1.165) is 27.8 Å². The van der Waals surface area contributed by atoms with Gasteiger partial charge in [0.25, 0.3) is 0 Å². The van der Waals surface area contributed by atoms with E-state index in [4.69, 9.17) is 4.98 Å². The number of aryl methyl sites for hydroxylation is 1. The molecule has 0 spiro atoms. The van der Waals surface area contributed by atoms with Crippen molar-refractivity contribution in [3.05, 3.63) is 72.3 Å². The minimum absolute atomic E-state index is 1.00. The number of aromatic amines is 1. The van der Waals surface area contributed by atoms with Gasteiger partial charge >= 0.3 is 0 Å². The summed E-state index contributed by atoms with van der Waals surface area (Å²) in [6, 6.07) is 23.6. The van der Waals surface area contributed by atoms with Crippen LogP contribution in [0.3, 0.4) is 0 Å². The maximum Gasteiger partial charge on any atom is 0.0950 e. The third-order valence-corrected chi connectivity index (χ3v) is 5.25. The first kappa shape index (κ1) is 15.9. The molecule has 0 atom stereocenters. The molecule has 2 heterocycles. The lowest BCUT2D eigenvalue weighted by Gasteiger charge is -2.13. The Kier molecular flexibility index (Phi) is 3.44. The van der Waals surface area contributed by atoms with Gasteiger partial charge in [-0.05, 0) is 37.3 Å². The molecule has 0 aliphatic heterocycles. The van der Waals surface area contributed by atoms with Crippen LogP contribution >= 0.6 is 0 Å². The summed E-state index contributed by atoms with van der Waals surface area (Å²) < 4.78 is 0. The predicted octanol–water partition coefficient (Wildman–Crippen LogP) is 5.91. The standard InChI is InChI=1S/C24H21N3/c1-15-8-13-21-19(14-15)22-18-6-4-5-7-20(18)26-24(22)23(25-21)16-9-11-17(12-10-16)27(2)3/h4-14,26H,1-3H3. The topological polar surface area (TPSA) is 31.9 Å². The highest BCUT2D eigenvalue weighted by Gasteiger charge is 2.15. The van der Waals surface area contributed by atoms with Crippen LogP contribution in [0, 0.1) is 6.92 Å². The molecular formula is C24H21N3. The fourth-order valence-corrected chi connectivity index (χ4v) is 3.85. The second kappa shape index (κ2) is 5.85. The van der Waals surface area contributed by atoms with Crippen LogP contribution in [-0.2, 0) is 0 Å². The van der Waals surface area contributed by atoms with E-state index in [-0.39, 0.29) is 0 Å². The van der Waals surface area contributed by atoms with Crippen molar-refractivity contribution in [2.75, 3.05) is 19.0 Å². The summed E-state index contributed by atoms with van der Waals surface area (Å²) in [5.74, 6) is 0. The van der Waals surface area contributed by atoms with Crippen LogP contribution in [0.2, 0.25) is 0 Å². The molecule has 0 saturated heterocycles. The minimum Gasteiger partial charge on any atom is -0.378 e. The highest BCUT2D eigenvalue weighted by molar-refractivity contribution is 6.22. The monoisotopic (exact) mass is 351 g/mol. The van der Waals surface area contributed by atoms with Crippen LogP contribution in [0.5, 0.6) is 0 Å². The van der Waals surface area contributed by atoms with Crippen molar-refractivity contribution in [3.8, 4) is 11.3 Å². The largest absolute Gasteiger partial charge is 0.378 e. The van der Waals surface area contributed by atoms with E-state index in [1.165, 1.54) is 27.4 Å². The predicted molar refractivity (Wildman–Crippen MR) is 116 cm³/mol. The lowest BCUT2D eigenvalue weighted by molar-refractivity contribution is 1.13. The summed E-state index contributed by atoms with van der Waals surface area (Å²) in [5.41, 5.74) is 7.84. The fraction of sp³-hybridized carbons (Fsp3) is 0.125. The Balaban J connectivity index is 1.90. The quantitative estimate of drug-likeness (QED) is 0.429. The zero-order valence-electron chi connectivity index (χ0n) is 15.7. The molecule has 3 heteroatoms.